The summed E-state index contributed by atoms with van der Waals surface area (Å²) in [5.41, 5.74) is 1.02. The van der Waals surface area contributed by atoms with Gasteiger partial charge in [0.2, 0.25) is 0 Å². The predicted octanol–water partition coefficient (Wildman–Crippen LogP) is 3.50. The Bertz CT molecular complexity index is 371. The van der Waals surface area contributed by atoms with E-state index in [-0.39, 0.29) is 0 Å². The van der Waals surface area contributed by atoms with Gasteiger partial charge in [-0.05, 0) is 28.9 Å². The van der Waals surface area contributed by atoms with Crippen molar-refractivity contribution < 1.29 is 4.74 Å². The number of hydrogen-bond donors (Lipinski definition) is 1. The molecule has 0 atom stereocenters. The Morgan fingerprint density at radius 1 is 1.69 bits per heavy atom. The van der Waals surface area contributed by atoms with E-state index in [1.54, 1.807) is 12.3 Å². The molecule has 0 saturated carbocycles. The second-order valence-corrected chi connectivity index (χ2v) is 4.71. The maximum Gasteiger partial charge on any atom is 0.140 e. The second kappa shape index (κ2) is 6.89. The maximum absolute atomic E-state index is 5.78. The van der Waals surface area contributed by atoms with E-state index in [1.807, 2.05) is 6.92 Å². The van der Waals surface area contributed by atoms with E-state index < -0.39 is 0 Å². The Balaban J connectivity index is 2.29. The zero-order chi connectivity index (χ0) is 12.0. The van der Waals surface area contributed by atoms with Crippen LogP contribution < -0.4 is 5.32 Å². The highest BCUT2D eigenvalue weighted by Crippen LogP contribution is 2.22. The highest BCUT2D eigenvalue weighted by Gasteiger charge is 2.01. The minimum absolute atomic E-state index is 0.594. The molecule has 0 amide bonds. The zero-order valence-electron chi connectivity index (χ0n) is 9.09. The van der Waals surface area contributed by atoms with Crippen LogP contribution in [0.15, 0.2) is 28.9 Å². The number of pyridine rings is 1. The number of aromatic nitrogens is 1. The van der Waals surface area contributed by atoms with E-state index in [0.29, 0.717) is 24.8 Å². The fourth-order valence-electron chi connectivity index (χ4n) is 1.03. The number of nitrogens with one attached hydrogen (secondary N) is 1. The van der Waals surface area contributed by atoms with Crippen molar-refractivity contribution in [1.82, 2.24) is 4.98 Å². The van der Waals surface area contributed by atoms with Gasteiger partial charge < -0.3 is 10.1 Å². The molecule has 1 aromatic heterocycles. The molecule has 3 nitrogen and oxygen atoms in total. The molecule has 0 aliphatic carbocycles. The first-order chi connectivity index (χ1) is 7.59. The average molecular weight is 306 g/mol. The lowest BCUT2D eigenvalue weighted by Gasteiger charge is -2.08. The standard InChI is InChI=1S/C11H14BrClN2O/c1-8(2)7-16-4-3-14-11-10(12)5-9(13)6-15-11/h5-6H,1,3-4,7H2,2H3,(H,14,15). The normalized spacial score (nSPS) is 10.2. The van der Waals surface area contributed by atoms with Gasteiger partial charge in [0.1, 0.15) is 5.82 Å². The molecule has 1 aromatic rings. The molecular formula is C11H14BrClN2O. The molecule has 0 radical (unpaired) electrons. The van der Waals surface area contributed by atoms with Gasteiger partial charge in [-0.3, -0.25) is 0 Å². The Labute approximate surface area is 109 Å². The van der Waals surface area contributed by atoms with Crippen molar-refractivity contribution in [2.24, 2.45) is 0 Å². The van der Waals surface area contributed by atoms with Gasteiger partial charge in [-0.2, -0.15) is 0 Å². The minimum Gasteiger partial charge on any atom is -0.375 e. The van der Waals surface area contributed by atoms with Crippen LogP contribution in [0.25, 0.3) is 0 Å². The number of rotatable bonds is 6. The summed E-state index contributed by atoms with van der Waals surface area (Å²) in [5, 5.41) is 3.75. The number of hydrogen-bond acceptors (Lipinski definition) is 3. The van der Waals surface area contributed by atoms with Crippen molar-refractivity contribution in [3.63, 3.8) is 0 Å². The van der Waals surface area contributed by atoms with Crippen LogP contribution in [0.4, 0.5) is 5.82 Å². The molecular weight excluding hydrogens is 291 g/mol. The van der Waals surface area contributed by atoms with Gasteiger partial charge in [0.15, 0.2) is 0 Å². The summed E-state index contributed by atoms with van der Waals surface area (Å²) in [6, 6.07) is 1.80. The summed E-state index contributed by atoms with van der Waals surface area (Å²) in [4.78, 5) is 4.15. The monoisotopic (exact) mass is 304 g/mol. The van der Waals surface area contributed by atoms with Crippen molar-refractivity contribution in [1.29, 1.82) is 0 Å². The van der Waals surface area contributed by atoms with E-state index in [9.17, 15) is 0 Å². The smallest absolute Gasteiger partial charge is 0.140 e. The molecule has 1 N–H and O–H groups in total. The number of halogens is 2. The van der Waals surface area contributed by atoms with E-state index in [0.717, 1.165) is 15.9 Å². The van der Waals surface area contributed by atoms with Crippen LogP contribution in [0, 0.1) is 0 Å². The molecule has 88 valence electrons. The SMILES string of the molecule is C=C(C)COCCNc1ncc(Cl)cc1Br. The van der Waals surface area contributed by atoms with Gasteiger partial charge in [0, 0.05) is 12.7 Å². The molecule has 0 bridgehead atoms. The zero-order valence-corrected chi connectivity index (χ0v) is 11.4. The molecule has 0 aliphatic rings. The van der Waals surface area contributed by atoms with Crippen LogP contribution in [0.3, 0.4) is 0 Å². The fourth-order valence-corrected chi connectivity index (χ4v) is 1.81. The van der Waals surface area contributed by atoms with Crippen molar-refractivity contribution in [2.45, 2.75) is 6.92 Å². The van der Waals surface area contributed by atoms with Gasteiger partial charge in [0.25, 0.3) is 0 Å². The fraction of sp³-hybridized carbons (Fsp3) is 0.364. The largest absolute Gasteiger partial charge is 0.375 e. The number of nitrogens with zero attached hydrogens (tertiary/aromatic N) is 1. The van der Waals surface area contributed by atoms with Crippen LogP contribution in [0.2, 0.25) is 5.02 Å². The maximum atomic E-state index is 5.78. The molecule has 1 heterocycles. The molecule has 5 heteroatoms. The predicted molar refractivity (Wildman–Crippen MR) is 71.1 cm³/mol. The lowest BCUT2D eigenvalue weighted by Crippen LogP contribution is -2.11. The quantitative estimate of drug-likeness (QED) is 0.645. The van der Waals surface area contributed by atoms with Gasteiger partial charge in [-0.25, -0.2) is 4.98 Å². The summed E-state index contributed by atoms with van der Waals surface area (Å²) in [5.74, 6) is 0.767. The topological polar surface area (TPSA) is 34.1 Å². The second-order valence-electron chi connectivity index (χ2n) is 3.42. The van der Waals surface area contributed by atoms with Crippen molar-refractivity contribution >= 4 is 33.3 Å². The summed E-state index contributed by atoms with van der Waals surface area (Å²) in [7, 11) is 0. The first kappa shape index (κ1) is 13.5. The molecule has 1 rings (SSSR count). The third-order valence-electron chi connectivity index (χ3n) is 1.70. The van der Waals surface area contributed by atoms with E-state index in [4.69, 9.17) is 16.3 Å². The summed E-state index contributed by atoms with van der Waals surface area (Å²) >= 11 is 9.16. The van der Waals surface area contributed by atoms with Crippen LogP contribution in [0.1, 0.15) is 6.92 Å². The van der Waals surface area contributed by atoms with E-state index in [1.165, 1.54) is 0 Å². The molecule has 0 saturated heterocycles. The van der Waals surface area contributed by atoms with Gasteiger partial charge in [0.05, 0.1) is 22.7 Å². The van der Waals surface area contributed by atoms with Crippen molar-refractivity contribution in [2.75, 3.05) is 25.1 Å². The van der Waals surface area contributed by atoms with E-state index in [2.05, 4.69) is 32.8 Å². The minimum atomic E-state index is 0.594. The first-order valence-corrected chi connectivity index (χ1v) is 6.03. The van der Waals surface area contributed by atoms with Crippen LogP contribution in [-0.4, -0.2) is 24.7 Å². The van der Waals surface area contributed by atoms with E-state index >= 15 is 0 Å². The van der Waals surface area contributed by atoms with Gasteiger partial charge in [-0.1, -0.05) is 23.8 Å². The Morgan fingerprint density at radius 2 is 2.44 bits per heavy atom. The Kier molecular flexibility index (Phi) is 5.80. The Hall–Kier alpha value is -0.580. The van der Waals surface area contributed by atoms with Crippen molar-refractivity contribution in [3.05, 3.63) is 33.9 Å². The first-order valence-electron chi connectivity index (χ1n) is 4.86. The lowest BCUT2D eigenvalue weighted by molar-refractivity contribution is 0.167. The number of ether oxygens (including phenoxy) is 1. The molecule has 0 fully saturated rings. The third kappa shape index (κ3) is 4.96. The molecule has 0 spiro atoms. The molecule has 16 heavy (non-hydrogen) atoms. The van der Waals surface area contributed by atoms with Gasteiger partial charge in [-0.15, -0.1) is 0 Å². The Morgan fingerprint density at radius 3 is 3.06 bits per heavy atom. The lowest BCUT2D eigenvalue weighted by atomic mass is 10.4. The third-order valence-corrected chi connectivity index (χ3v) is 2.51. The molecule has 0 aromatic carbocycles. The summed E-state index contributed by atoms with van der Waals surface area (Å²) < 4.78 is 6.20. The summed E-state index contributed by atoms with van der Waals surface area (Å²) in [6.07, 6.45) is 1.60. The highest BCUT2D eigenvalue weighted by molar-refractivity contribution is 9.10. The highest BCUT2D eigenvalue weighted by atomic mass is 79.9. The molecule has 0 aliphatic heterocycles. The van der Waals surface area contributed by atoms with Crippen LogP contribution in [0.5, 0.6) is 0 Å². The average Bonchev–Trinajstić information content (AvgIpc) is 2.20. The van der Waals surface area contributed by atoms with Crippen molar-refractivity contribution in [3.8, 4) is 0 Å². The molecule has 0 unspecified atom stereocenters. The summed E-state index contributed by atoms with van der Waals surface area (Å²) in [6.45, 7) is 7.59. The van der Waals surface area contributed by atoms with Gasteiger partial charge >= 0.3 is 0 Å². The van der Waals surface area contributed by atoms with Crippen LogP contribution in [-0.2, 0) is 4.74 Å². The van der Waals surface area contributed by atoms with Crippen LogP contribution >= 0.6 is 27.5 Å². The number of anilines is 1.